The monoisotopic (exact) mass is 359 g/mol. The maximum Gasteiger partial charge on any atom is 0.248 e. The number of aromatic nitrogens is 1. The second kappa shape index (κ2) is 7.25. The van der Waals surface area contributed by atoms with E-state index in [4.69, 9.17) is 10.8 Å². The van der Waals surface area contributed by atoms with Crippen molar-refractivity contribution in [3.63, 3.8) is 0 Å². The van der Waals surface area contributed by atoms with Crippen LogP contribution < -0.4 is 21.7 Å². The molecule has 2 heterocycles. The van der Waals surface area contributed by atoms with Gasteiger partial charge in [-0.1, -0.05) is 26.1 Å². The van der Waals surface area contributed by atoms with E-state index in [0.29, 0.717) is 30.3 Å². The fourth-order valence-corrected chi connectivity index (χ4v) is 3.90. The van der Waals surface area contributed by atoms with Crippen LogP contribution in [0.25, 0.3) is 16.6 Å². The standard InChI is InChI=1S/C17H22N5O2P/c1-25(2)13-5-3-4-10-11(8-20-15(10)13)14-12(16(18)24)9-21-17(22-14)19-6-7-23/h3-5,8,20,23H,6-7,9H2,1-2H3,(H2,18,24)(H2,19,21,22). The molecule has 0 unspecified atom stereocenters. The summed E-state index contributed by atoms with van der Waals surface area (Å²) in [6.45, 7) is 5.08. The molecule has 0 radical (unpaired) electrons. The predicted octanol–water partition coefficient (Wildman–Crippen LogP) is 0.272. The molecular weight excluding hydrogens is 337 g/mol. The van der Waals surface area contributed by atoms with Gasteiger partial charge in [-0.05, 0) is 18.6 Å². The minimum atomic E-state index is -0.494. The Morgan fingerprint density at radius 2 is 2.24 bits per heavy atom. The van der Waals surface area contributed by atoms with Gasteiger partial charge in [-0.15, -0.1) is 0 Å². The predicted molar refractivity (Wildman–Crippen MR) is 103 cm³/mol. The molecular formula is C17H22N5O2P. The van der Waals surface area contributed by atoms with E-state index in [1.165, 1.54) is 5.30 Å². The summed E-state index contributed by atoms with van der Waals surface area (Å²) in [4.78, 5) is 19.7. The lowest BCUT2D eigenvalue weighted by Gasteiger charge is -2.20. The second-order valence-corrected chi connectivity index (χ2v) is 8.22. The molecule has 0 atom stereocenters. The van der Waals surface area contributed by atoms with Crippen LogP contribution in [-0.2, 0) is 4.79 Å². The number of hydrogen-bond acceptors (Lipinski definition) is 5. The topological polar surface area (TPSA) is 116 Å². The summed E-state index contributed by atoms with van der Waals surface area (Å²) in [5, 5.41) is 17.3. The summed E-state index contributed by atoms with van der Waals surface area (Å²) < 4.78 is 0. The number of nitrogens with one attached hydrogen (secondary N) is 3. The Morgan fingerprint density at radius 1 is 1.44 bits per heavy atom. The van der Waals surface area contributed by atoms with E-state index in [2.05, 4.69) is 40.0 Å². The number of carbonyl (C=O) groups excluding carboxylic acids is 1. The highest BCUT2D eigenvalue weighted by molar-refractivity contribution is 7.64. The number of aliphatic hydroxyl groups is 1. The molecule has 6 N–H and O–H groups in total. The van der Waals surface area contributed by atoms with E-state index in [-0.39, 0.29) is 14.5 Å². The number of nitrogens with zero attached hydrogens (tertiary/aromatic N) is 1. The molecule has 2 aromatic rings. The molecule has 7 nitrogen and oxygen atoms in total. The number of amides is 1. The Morgan fingerprint density at radius 3 is 2.92 bits per heavy atom. The third-order valence-corrected chi connectivity index (χ3v) is 5.41. The summed E-state index contributed by atoms with van der Waals surface area (Å²) in [7, 11) is -0.267. The van der Waals surface area contributed by atoms with Crippen molar-refractivity contribution < 1.29 is 9.90 Å². The Kier molecular flexibility index (Phi) is 5.06. The van der Waals surface area contributed by atoms with Gasteiger partial charge in [0.15, 0.2) is 5.96 Å². The van der Waals surface area contributed by atoms with Crippen molar-refractivity contribution >= 4 is 41.7 Å². The summed E-state index contributed by atoms with van der Waals surface area (Å²) >= 11 is 0. The number of hydrogen-bond donors (Lipinski definition) is 5. The van der Waals surface area contributed by atoms with E-state index in [1.54, 1.807) is 0 Å². The zero-order valence-corrected chi connectivity index (χ0v) is 15.2. The number of nitrogens with two attached hydrogens (primary N) is 1. The molecule has 3 rings (SSSR count). The van der Waals surface area contributed by atoms with Gasteiger partial charge in [-0.2, -0.15) is 0 Å². The lowest BCUT2D eigenvalue weighted by molar-refractivity contribution is -0.114. The first kappa shape index (κ1) is 17.5. The molecule has 0 saturated carbocycles. The number of rotatable bonds is 5. The van der Waals surface area contributed by atoms with Crippen LogP contribution in [0.15, 0.2) is 35.0 Å². The van der Waals surface area contributed by atoms with Crippen molar-refractivity contribution in [2.75, 3.05) is 33.0 Å². The molecule has 25 heavy (non-hydrogen) atoms. The van der Waals surface area contributed by atoms with Gasteiger partial charge < -0.3 is 26.5 Å². The van der Waals surface area contributed by atoms with Crippen molar-refractivity contribution in [1.82, 2.24) is 15.6 Å². The van der Waals surface area contributed by atoms with E-state index >= 15 is 0 Å². The van der Waals surface area contributed by atoms with Crippen molar-refractivity contribution in [2.24, 2.45) is 10.7 Å². The van der Waals surface area contributed by atoms with Gasteiger partial charge >= 0.3 is 0 Å². The number of fused-ring (bicyclic) bond motifs is 1. The average Bonchev–Trinajstić information content (AvgIpc) is 3.03. The number of benzene rings is 1. The molecule has 1 amide bonds. The van der Waals surface area contributed by atoms with Crippen molar-refractivity contribution in [3.8, 4) is 0 Å². The van der Waals surface area contributed by atoms with Crippen molar-refractivity contribution in [2.45, 2.75) is 0 Å². The van der Waals surface area contributed by atoms with E-state index in [9.17, 15) is 4.79 Å². The highest BCUT2D eigenvalue weighted by atomic mass is 31.1. The molecule has 1 aromatic carbocycles. The third-order valence-electron chi connectivity index (χ3n) is 4.07. The first-order chi connectivity index (χ1) is 12.0. The molecule has 0 spiro atoms. The minimum absolute atomic E-state index is 0.00455. The lowest BCUT2D eigenvalue weighted by atomic mass is 10.0. The van der Waals surface area contributed by atoms with Gasteiger partial charge in [0.2, 0.25) is 5.91 Å². The third kappa shape index (κ3) is 3.38. The van der Waals surface area contributed by atoms with Crippen LogP contribution in [0.4, 0.5) is 0 Å². The summed E-state index contributed by atoms with van der Waals surface area (Å²) in [6.07, 6.45) is 1.88. The van der Waals surface area contributed by atoms with Crippen LogP contribution >= 0.6 is 7.92 Å². The van der Waals surface area contributed by atoms with Crippen LogP contribution in [0.3, 0.4) is 0 Å². The number of aliphatic hydroxyl groups excluding tert-OH is 1. The largest absolute Gasteiger partial charge is 0.395 e. The SMILES string of the molecule is CP(C)c1cccc2c(C3=C(C(N)=O)CNC(NCCO)=N3)c[nH]c12. The van der Waals surface area contributed by atoms with Gasteiger partial charge in [0.1, 0.15) is 0 Å². The normalized spacial score (nSPS) is 14.6. The fourth-order valence-electron chi connectivity index (χ4n) is 2.88. The number of para-hydroxylation sites is 1. The zero-order valence-electron chi connectivity index (χ0n) is 14.3. The minimum Gasteiger partial charge on any atom is -0.395 e. The Bertz CT molecular complexity index is 869. The smallest absolute Gasteiger partial charge is 0.248 e. The molecule has 0 aliphatic carbocycles. The number of H-pyrrole nitrogens is 1. The molecule has 8 heteroatoms. The number of aromatic amines is 1. The van der Waals surface area contributed by atoms with Gasteiger partial charge in [-0.25, -0.2) is 4.99 Å². The quantitative estimate of drug-likeness (QED) is 0.493. The number of aliphatic imine (C=N–C) groups is 1. The summed E-state index contributed by atoms with van der Waals surface area (Å²) in [6, 6.07) is 6.17. The zero-order chi connectivity index (χ0) is 18.0. The van der Waals surface area contributed by atoms with Crippen LogP contribution in [0.2, 0.25) is 0 Å². The van der Waals surface area contributed by atoms with Gasteiger partial charge in [0.05, 0.1) is 29.9 Å². The summed E-state index contributed by atoms with van der Waals surface area (Å²) in [5.41, 5.74) is 8.49. The van der Waals surface area contributed by atoms with Gasteiger partial charge in [0, 0.05) is 23.7 Å². The van der Waals surface area contributed by atoms with Crippen LogP contribution in [-0.4, -0.2) is 55.0 Å². The van der Waals surface area contributed by atoms with Crippen LogP contribution in [0, 0.1) is 0 Å². The van der Waals surface area contributed by atoms with Crippen molar-refractivity contribution in [1.29, 1.82) is 0 Å². The molecule has 0 saturated heterocycles. The molecule has 1 aliphatic rings. The fraction of sp³-hybridized carbons (Fsp3) is 0.294. The van der Waals surface area contributed by atoms with Crippen LogP contribution in [0.1, 0.15) is 5.56 Å². The first-order valence-electron chi connectivity index (χ1n) is 8.01. The van der Waals surface area contributed by atoms with Gasteiger partial charge in [0.25, 0.3) is 0 Å². The number of guanidine groups is 1. The van der Waals surface area contributed by atoms with E-state index in [0.717, 1.165) is 16.5 Å². The average molecular weight is 359 g/mol. The van der Waals surface area contributed by atoms with E-state index < -0.39 is 5.91 Å². The van der Waals surface area contributed by atoms with Gasteiger partial charge in [-0.3, -0.25) is 4.79 Å². The maximum absolute atomic E-state index is 11.9. The second-order valence-electron chi connectivity index (χ2n) is 5.95. The Hall–Kier alpha value is -2.37. The lowest BCUT2D eigenvalue weighted by Crippen LogP contribution is -2.43. The molecule has 0 fully saturated rings. The Labute approximate surface area is 147 Å². The molecule has 1 aliphatic heterocycles. The molecule has 1 aromatic heterocycles. The molecule has 132 valence electrons. The Balaban J connectivity index is 2.14. The molecule has 0 bridgehead atoms. The highest BCUT2D eigenvalue weighted by Gasteiger charge is 2.22. The summed E-state index contributed by atoms with van der Waals surface area (Å²) in [5.74, 6) is 0.0268. The van der Waals surface area contributed by atoms with Crippen molar-refractivity contribution in [3.05, 3.63) is 35.5 Å². The van der Waals surface area contributed by atoms with E-state index in [1.807, 2.05) is 18.3 Å². The number of primary amides is 1. The highest BCUT2D eigenvalue weighted by Crippen LogP contribution is 2.33. The maximum atomic E-state index is 11.9. The first-order valence-corrected chi connectivity index (χ1v) is 10.2. The van der Waals surface area contributed by atoms with Crippen LogP contribution in [0.5, 0.6) is 0 Å². The number of carbonyl (C=O) groups is 1.